The molecule has 5 nitrogen and oxygen atoms in total. The van der Waals surface area contributed by atoms with Crippen LogP contribution in [0.5, 0.6) is 0 Å². The van der Waals surface area contributed by atoms with Crippen LogP contribution in [0.1, 0.15) is 19.8 Å². The first-order valence-electron chi connectivity index (χ1n) is 7.03. The van der Waals surface area contributed by atoms with E-state index >= 15 is 0 Å². The Balaban J connectivity index is 2.17. The minimum atomic E-state index is -3.47. The van der Waals surface area contributed by atoms with Crippen molar-refractivity contribution < 1.29 is 13.5 Å². The predicted molar refractivity (Wildman–Crippen MR) is 79.8 cm³/mol. The molecule has 1 aromatic rings. The Kier molecular flexibility index (Phi) is 5.01. The molecule has 20 heavy (non-hydrogen) atoms. The molecular formula is C14H22N2O3S. The molecule has 1 aliphatic heterocycles. The summed E-state index contributed by atoms with van der Waals surface area (Å²) in [5.41, 5.74) is 0.694. The highest BCUT2D eigenvalue weighted by Gasteiger charge is 2.32. The van der Waals surface area contributed by atoms with Gasteiger partial charge >= 0.3 is 10.2 Å². The molecule has 0 aromatic heterocycles. The fourth-order valence-corrected chi connectivity index (χ4v) is 4.20. The maximum absolute atomic E-state index is 12.7. The van der Waals surface area contributed by atoms with Crippen LogP contribution in [0.3, 0.4) is 0 Å². The Morgan fingerprint density at radius 1 is 1.25 bits per heavy atom. The van der Waals surface area contributed by atoms with Gasteiger partial charge in [-0.15, -0.1) is 0 Å². The second-order valence-electron chi connectivity index (χ2n) is 5.03. The van der Waals surface area contributed by atoms with Gasteiger partial charge in [0.2, 0.25) is 0 Å². The van der Waals surface area contributed by atoms with Gasteiger partial charge in [0.25, 0.3) is 0 Å². The van der Waals surface area contributed by atoms with Crippen LogP contribution >= 0.6 is 0 Å². The van der Waals surface area contributed by atoms with Crippen molar-refractivity contribution in [3.8, 4) is 0 Å². The van der Waals surface area contributed by atoms with Gasteiger partial charge in [-0.05, 0) is 37.8 Å². The largest absolute Gasteiger partial charge is 0.396 e. The molecular weight excluding hydrogens is 276 g/mol. The number of anilines is 1. The molecule has 1 saturated heterocycles. The van der Waals surface area contributed by atoms with Crippen molar-refractivity contribution in [2.24, 2.45) is 5.92 Å². The van der Waals surface area contributed by atoms with Crippen molar-refractivity contribution in [3.63, 3.8) is 0 Å². The summed E-state index contributed by atoms with van der Waals surface area (Å²) in [6.07, 6.45) is 1.45. The number of aliphatic hydroxyl groups is 1. The first-order valence-corrected chi connectivity index (χ1v) is 8.43. The number of aliphatic hydroxyl groups excluding tert-OH is 1. The summed E-state index contributed by atoms with van der Waals surface area (Å²) < 4.78 is 28.4. The Morgan fingerprint density at radius 2 is 1.85 bits per heavy atom. The third kappa shape index (κ3) is 3.13. The smallest absolute Gasteiger partial charge is 0.304 e. The highest BCUT2D eigenvalue weighted by molar-refractivity contribution is 7.90. The Morgan fingerprint density at radius 3 is 2.35 bits per heavy atom. The number of rotatable bonds is 5. The standard InChI is InChI=1S/C14H22N2O3S/c1-2-16(14-6-4-3-5-7-14)20(18,19)15-10-8-13(12-17)9-11-15/h3-7,13,17H,2,8-12H2,1H3. The lowest BCUT2D eigenvalue weighted by molar-refractivity contribution is 0.170. The van der Waals surface area contributed by atoms with E-state index in [1.54, 1.807) is 0 Å². The van der Waals surface area contributed by atoms with E-state index in [4.69, 9.17) is 5.11 Å². The van der Waals surface area contributed by atoms with Crippen molar-refractivity contribution in [3.05, 3.63) is 30.3 Å². The van der Waals surface area contributed by atoms with E-state index in [2.05, 4.69) is 0 Å². The van der Waals surface area contributed by atoms with Gasteiger partial charge in [0.05, 0.1) is 5.69 Å². The SMILES string of the molecule is CCN(c1ccccc1)S(=O)(=O)N1CCC(CO)CC1. The van der Waals surface area contributed by atoms with Crippen LogP contribution in [0.4, 0.5) is 5.69 Å². The van der Waals surface area contributed by atoms with Crippen molar-refractivity contribution in [2.45, 2.75) is 19.8 Å². The van der Waals surface area contributed by atoms with Gasteiger partial charge in [-0.1, -0.05) is 18.2 Å². The zero-order valence-electron chi connectivity index (χ0n) is 11.8. The van der Waals surface area contributed by atoms with Gasteiger partial charge in [-0.2, -0.15) is 12.7 Å². The third-order valence-corrected chi connectivity index (χ3v) is 5.81. The number of para-hydroxylation sites is 1. The Labute approximate surface area is 121 Å². The van der Waals surface area contributed by atoms with Crippen molar-refractivity contribution in [1.82, 2.24) is 4.31 Å². The van der Waals surface area contributed by atoms with E-state index < -0.39 is 10.2 Å². The number of piperidine rings is 1. The van der Waals surface area contributed by atoms with Crippen LogP contribution in [0.15, 0.2) is 30.3 Å². The van der Waals surface area contributed by atoms with Crippen molar-refractivity contribution in [2.75, 3.05) is 30.5 Å². The Hall–Kier alpha value is -1.11. The van der Waals surface area contributed by atoms with Crippen LogP contribution in [0.25, 0.3) is 0 Å². The molecule has 112 valence electrons. The maximum Gasteiger partial charge on any atom is 0.304 e. The number of nitrogens with zero attached hydrogens (tertiary/aromatic N) is 2. The van der Waals surface area contributed by atoms with Crippen LogP contribution < -0.4 is 4.31 Å². The van der Waals surface area contributed by atoms with Crippen LogP contribution in [0.2, 0.25) is 0 Å². The molecule has 0 aliphatic carbocycles. The third-order valence-electron chi connectivity index (χ3n) is 3.77. The summed E-state index contributed by atoms with van der Waals surface area (Å²) in [6.45, 7) is 3.36. The van der Waals surface area contributed by atoms with Gasteiger partial charge in [-0.25, -0.2) is 0 Å². The van der Waals surface area contributed by atoms with Gasteiger partial charge in [0.1, 0.15) is 0 Å². The molecule has 0 bridgehead atoms. The van der Waals surface area contributed by atoms with Gasteiger partial charge in [-0.3, -0.25) is 4.31 Å². The quantitative estimate of drug-likeness (QED) is 0.895. The lowest BCUT2D eigenvalue weighted by atomic mass is 10.00. The molecule has 1 aromatic carbocycles. The molecule has 1 N–H and O–H groups in total. The Bertz CT molecular complexity index is 510. The lowest BCUT2D eigenvalue weighted by Crippen LogP contribution is -2.47. The number of hydrogen-bond acceptors (Lipinski definition) is 3. The van der Waals surface area contributed by atoms with Gasteiger partial charge in [0, 0.05) is 26.2 Å². The lowest BCUT2D eigenvalue weighted by Gasteiger charge is -2.34. The summed E-state index contributed by atoms with van der Waals surface area (Å²) in [5, 5.41) is 9.14. The molecule has 0 saturated carbocycles. The molecule has 6 heteroatoms. The zero-order valence-corrected chi connectivity index (χ0v) is 12.6. The molecule has 0 radical (unpaired) electrons. The minimum Gasteiger partial charge on any atom is -0.396 e. The van der Waals surface area contributed by atoms with E-state index in [-0.39, 0.29) is 12.5 Å². The van der Waals surface area contributed by atoms with E-state index in [1.165, 1.54) is 8.61 Å². The van der Waals surface area contributed by atoms with E-state index in [9.17, 15) is 8.42 Å². The molecule has 1 fully saturated rings. The highest BCUT2D eigenvalue weighted by atomic mass is 32.2. The predicted octanol–water partition coefficient (Wildman–Crippen LogP) is 1.46. The molecule has 0 spiro atoms. The maximum atomic E-state index is 12.7. The fraction of sp³-hybridized carbons (Fsp3) is 0.571. The summed E-state index contributed by atoms with van der Waals surface area (Å²) >= 11 is 0. The monoisotopic (exact) mass is 298 g/mol. The zero-order chi connectivity index (χ0) is 14.6. The number of benzene rings is 1. The first kappa shape index (κ1) is 15.3. The van der Waals surface area contributed by atoms with Crippen LogP contribution in [0, 0.1) is 5.92 Å². The summed E-state index contributed by atoms with van der Waals surface area (Å²) in [5.74, 6) is 0.230. The fourth-order valence-electron chi connectivity index (χ4n) is 2.54. The average Bonchev–Trinajstić information content (AvgIpc) is 2.49. The molecule has 2 rings (SSSR count). The van der Waals surface area contributed by atoms with E-state index in [0.29, 0.717) is 25.3 Å². The first-order chi connectivity index (χ1) is 9.59. The van der Waals surface area contributed by atoms with Crippen molar-refractivity contribution >= 4 is 15.9 Å². The topological polar surface area (TPSA) is 60.9 Å². The summed E-state index contributed by atoms with van der Waals surface area (Å²) in [7, 11) is -3.47. The van der Waals surface area contributed by atoms with Crippen LogP contribution in [-0.2, 0) is 10.2 Å². The minimum absolute atomic E-state index is 0.143. The molecule has 0 unspecified atom stereocenters. The van der Waals surface area contributed by atoms with Gasteiger partial charge in [0.15, 0.2) is 0 Å². The molecule has 1 aliphatic rings. The summed E-state index contributed by atoms with van der Waals surface area (Å²) in [4.78, 5) is 0. The normalized spacial score (nSPS) is 18.1. The highest BCUT2D eigenvalue weighted by Crippen LogP contribution is 2.24. The molecule has 1 heterocycles. The van der Waals surface area contributed by atoms with Gasteiger partial charge < -0.3 is 5.11 Å². The number of hydrogen-bond donors (Lipinski definition) is 1. The van der Waals surface area contributed by atoms with Crippen LogP contribution in [-0.4, -0.2) is 44.1 Å². The summed E-state index contributed by atoms with van der Waals surface area (Å²) in [6, 6.07) is 9.16. The second-order valence-corrected chi connectivity index (χ2v) is 6.89. The van der Waals surface area contributed by atoms with E-state index in [1.807, 2.05) is 37.3 Å². The second kappa shape index (κ2) is 6.56. The van der Waals surface area contributed by atoms with Crippen molar-refractivity contribution in [1.29, 1.82) is 0 Å². The average molecular weight is 298 g/mol. The van der Waals surface area contributed by atoms with E-state index in [0.717, 1.165) is 12.8 Å². The molecule has 0 amide bonds. The molecule has 0 atom stereocenters.